The molecule has 0 aliphatic heterocycles. The van der Waals surface area contributed by atoms with Gasteiger partial charge in [-0.25, -0.2) is 10.8 Å². The smallest absolute Gasteiger partial charge is 0.210 e. The summed E-state index contributed by atoms with van der Waals surface area (Å²) in [5.74, 6) is 6.17. The van der Waals surface area contributed by atoms with Crippen LogP contribution in [0.25, 0.3) is 0 Å². The van der Waals surface area contributed by atoms with E-state index in [4.69, 9.17) is 5.84 Å². The molecule has 1 saturated carbocycles. The fourth-order valence-corrected chi connectivity index (χ4v) is 2.69. The third-order valence-corrected chi connectivity index (χ3v) is 3.71. The number of hydrogen-bond donors (Lipinski definition) is 3. The van der Waals surface area contributed by atoms with Gasteiger partial charge in [0.25, 0.3) is 0 Å². The first-order valence-electron chi connectivity index (χ1n) is 6.26. The number of anilines is 1. The molecule has 0 unspecified atom stereocenters. The fraction of sp³-hybridized carbons (Fsp3) is 0.462. The number of nitrogens with one attached hydrogen (secondary N) is 2. The van der Waals surface area contributed by atoms with Crippen LogP contribution >= 0.6 is 15.9 Å². The van der Waals surface area contributed by atoms with Gasteiger partial charge in [0.15, 0.2) is 0 Å². The minimum absolute atomic E-state index is 0.402. The molecule has 0 aromatic heterocycles. The summed E-state index contributed by atoms with van der Waals surface area (Å²) in [5.41, 5.74) is 4.82. The average Bonchev–Trinajstić information content (AvgIpc) is 2.84. The minimum Gasteiger partial charge on any atom is -0.325 e. The molecule has 0 atom stereocenters. The van der Waals surface area contributed by atoms with E-state index in [0.29, 0.717) is 12.0 Å². The van der Waals surface area contributed by atoms with Crippen molar-refractivity contribution in [3.05, 3.63) is 28.2 Å². The number of nitrogens with two attached hydrogens (primary N) is 1. The van der Waals surface area contributed by atoms with Gasteiger partial charge in [0.2, 0.25) is 5.96 Å². The summed E-state index contributed by atoms with van der Waals surface area (Å²) >= 11 is 3.45. The van der Waals surface area contributed by atoms with Crippen LogP contribution in [0, 0.1) is 6.92 Å². The van der Waals surface area contributed by atoms with Crippen molar-refractivity contribution in [1.29, 1.82) is 0 Å². The highest BCUT2D eigenvalue weighted by atomic mass is 79.9. The largest absolute Gasteiger partial charge is 0.325 e. The van der Waals surface area contributed by atoms with E-state index in [2.05, 4.69) is 44.7 Å². The Bertz CT molecular complexity index is 439. The quantitative estimate of drug-likeness (QED) is 0.341. The van der Waals surface area contributed by atoms with Crippen molar-refractivity contribution in [3.8, 4) is 0 Å². The minimum atomic E-state index is 0.402. The number of hydrogen-bond acceptors (Lipinski definition) is 2. The number of guanidine groups is 1. The lowest BCUT2D eigenvalue weighted by Gasteiger charge is -2.13. The molecule has 1 aromatic carbocycles. The summed E-state index contributed by atoms with van der Waals surface area (Å²) in [4.78, 5) is 4.61. The zero-order valence-electron chi connectivity index (χ0n) is 10.5. The van der Waals surface area contributed by atoms with Gasteiger partial charge >= 0.3 is 0 Å². The van der Waals surface area contributed by atoms with Crippen molar-refractivity contribution < 1.29 is 0 Å². The number of hydrazine groups is 1. The standard InChI is InChI=1S/C13H19BrN4/c1-9-8-10(14)6-7-12(9)17-13(18-15)16-11-4-2-3-5-11/h6-8,11H,2-5,15H2,1H3,(H2,16,17,18). The van der Waals surface area contributed by atoms with Crippen LogP contribution in [0.1, 0.15) is 31.2 Å². The lowest BCUT2D eigenvalue weighted by molar-refractivity contribution is 0.700. The van der Waals surface area contributed by atoms with Gasteiger partial charge in [-0.05, 0) is 43.5 Å². The van der Waals surface area contributed by atoms with Crippen molar-refractivity contribution in [2.75, 3.05) is 5.32 Å². The van der Waals surface area contributed by atoms with Crippen LogP contribution in [0.15, 0.2) is 27.7 Å². The molecule has 2 rings (SSSR count). The maximum atomic E-state index is 5.53. The van der Waals surface area contributed by atoms with E-state index in [1.165, 1.54) is 12.8 Å². The third-order valence-electron chi connectivity index (χ3n) is 3.21. The Balaban J connectivity index is 2.09. The van der Waals surface area contributed by atoms with Gasteiger partial charge in [-0.15, -0.1) is 0 Å². The number of benzene rings is 1. The van der Waals surface area contributed by atoms with E-state index >= 15 is 0 Å². The Labute approximate surface area is 116 Å². The molecule has 4 nitrogen and oxygen atoms in total. The van der Waals surface area contributed by atoms with E-state index in [9.17, 15) is 0 Å². The van der Waals surface area contributed by atoms with Crippen LogP contribution in [0.2, 0.25) is 0 Å². The summed E-state index contributed by atoms with van der Waals surface area (Å²) in [7, 11) is 0. The summed E-state index contributed by atoms with van der Waals surface area (Å²) in [6.07, 6.45) is 4.85. The van der Waals surface area contributed by atoms with Crippen LogP contribution in [0.3, 0.4) is 0 Å². The Morgan fingerprint density at radius 2 is 2.11 bits per heavy atom. The van der Waals surface area contributed by atoms with Gasteiger partial charge in [-0.2, -0.15) is 0 Å². The van der Waals surface area contributed by atoms with Crippen LogP contribution in [0.4, 0.5) is 5.69 Å². The summed E-state index contributed by atoms with van der Waals surface area (Å²) in [5, 5.41) is 3.24. The van der Waals surface area contributed by atoms with E-state index in [1.54, 1.807) is 0 Å². The monoisotopic (exact) mass is 310 g/mol. The molecule has 1 aliphatic rings. The Morgan fingerprint density at radius 3 is 2.72 bits per heavy atom. The molecule has 0 radical (unpaired) electrons. The second-order valence-corrected chi connectivity index (χ2v) is 5.56. The second kappa shape index (κ2) is 6.20. The lowest BCUT2D eigenvalue weighted by atomic mass is 10.2. The maximum absolute atomic E-state index is 5.53. The molecule has 1 fully saturated rings. The maximum Gasteiger partial charge on any atom is 0.210 e. The van der Waals surface area contributed by atoms with E-state index < -0.39 is 0 Å². The van der Waals surface area contributed by atoms with Crippen LogP contribution < -0.4 is 16.6 Å². The first-order chi connectivity index (χ1) is 8.69. The molecule has 1 aromatic rings. The fourth-order valence-electron chi connectivity index (χ4n) is 2.22. The van der Waals surface area contributed by atoms with Crippen LogP contribution in [0.5, 0.6) is 0 Å². The summed E-state index contributed by atoms with van der Waals surface area (Å²) in [6, 6.07) is 6.48. The summed E-state index contributed by atoms with van der Waals surface area (Å²) < 4.78 is 1.07. The number of nitrogens with zero attached hydrogens (tertiary/aromatic N) is 1. The van der Waals surface area contributed by atoms with Gasteiger partial charge in [-0.3, -0.25) is 5.43 Å². The predicted molar refractivity (Wildman–Crippen MR) is 79.5 cm³/mol. The lowest BCUT2D eigenvalue weighted by Crippen LogP contribution is -2.37. The Kier molecular flexibility index (Phi) is 4.60. The topological polar surface area (TPSA) is 62.4 Å². The van der Waals surface area contributed by atoms with Crippen molar-refractivity contribution in [2.45, 2.75) is 38.6 Å². The van der Waals surface area contributed by atoms with Crippen LogP contribution in [-0.2, 0) is 0 Å². The van der Waals surface area contributed by atoms with Crippen LogP contribution in [-0.4, -0.2) is 12.0 Å². The summed E-state index contributed by atoms with van der Waals surface area (Å²) in [6.45, 7) is 2.05. The molecule has 0 bridgehead atoms. The highest BCUT2D eigenvalue weighted by molar-refractivity contribution is 9.10. The van der Waals surface area contributed by atoms with E-state index in [-0.39, 0.29) is 0 Å². The third kappa shape index (κ3) is 3.46. The highest BCUT2D eigenvalue weighted by Crippen LogP contribution is 2.22. The zero-order valence-corrected chi connectivity index (χ0v) is 12.1. The molecular weight excluding hydrogens is 292 g/mol. The number of halogens is 1. The van der Waals surface area contributed by atoms with Crippen molar-refractivity contribution in [3.63, 3.8) is 0 Å². The molecule has 1 aliphatic carbocycles. The molecule has 0 saturated heterocycles. The van der Waals surface area contributed by atoms with Crippen molar-refractivity contribution >= 4 is 27.6 Å². The number of aryl methyl sites for hydroxylation is 1. The van der Waals surface area contributed by atoms with Gasteiger partial charge < -0.3 is 5.32 Å². The van der Waals surface area contributed by atoms with Gasteiger partial charge in [-0.1, -0.05) is 28.8 Å². The first-order valence-corrected chi connectivity index (χ1v) is 7.06. The Morgan fingerprint density at radius 1 is 1.39 bits per heavy atom. The van der Waals surface area contributed by atoms with Crippen molar-refractivity contribution in [1.82, 2.24) is 5.43 Å². The van der Waals surface area contributed by atoms with Gasteiger partial charge in [0.05, 0.1) is 6.04 Å². The average molecular weight is 311 g/mol. The van der Waals surface area contributed by atoms with Gasteiger partial charge in [0.1, 0.15) is 0 Å². The molecular formula is C13H19BrN4. The van der Waals surface area contributed by atoms with Gasteiger partial charge in [0, 0.05) is 10.2 Å². The Hall–Kier alpha value is -1.07. The molecule has 98 valence electrons. The zero-order chi connectivity index (χ0) is 13.0. The highest BCUT2D eigenvalue weighted by Gasteiger charge is 2.14. The number of aliphatic imine (C=N–C) groups is 1. The SMILES string of the molecule is Cc1cc(Br)ccc1NC(=NC1CCCC1)NN. The van der Waals surface area contributed by atoms with Crippen molar-refractivity contribution in [2.24, 2.45) is 10.8 Å². The van der Waals surface area contributed by atoms with E-state index in [0.717, 1.165) is 28.6 Å². The second-order valence-electron chi connectivity index (χ2n) is 4.64. The molecule has 4 N–H and O–H groups in total. The molecule has 5 heteroatoms. The predicted octanol–water partition coefficient (Wildman–Crippen LogP) is 2.93. The molecule has 0 amide bonds. The van der Waals surface area contributed by atoms with E-state index in [1.807, 2.05) is 12.1 Å². The normalized spacial score (nSPS) is 16.9. The molecule has 0 spiro atoms. The molecule has 0 heterocycles. The number of rotatable bonds is 2. The molecule has 18 heavy (non-hydrogen) atoms. The first kappa shape index (κ1) is 13.4.